The van der Waals surface area contributed by atoms with E-state index in [9.17, 15) is 12.8 Å². The van der Waals surface area contributed by atoms with Crippen molar-refractivity contribution in [1.82, 2.24) is 4.72 Å². The van der Waals surface area contributed by atoms with Gasteiger partial charge in [0.2, 0.25) is 10.0 Å². The Hall–Kier alpha value is -1.92. The van der Waals surface area contributed by atoms with E-state index < -0.39 is 10.0 Å². The van der Waals surface area contributed by atoms with Crippen molar-refractivity contribution in [3.05, 3.63) is 65.5 Å². The molecule has 6 heteroatoms. The Bertz CT molecular complexity index is 775. The van der Waals surface area contributed by atoms with Crippen LogP contribution in [-0.2, 0) is 22.2 Å². The van der Waals surface area contributed by atoms with Crippen LogP contribution in [0.5, 0.6) is 5.75 Å². The van der Waals surface area contributed by atoms with Crippen molar-refractivity contribution < 1.29 is 17.5 Å². The molecule has 1 aliphatic rings. The van der Waals surface area contributed by atoms with Gasteiger partial charge in [0, 0.05) is 12.5 Å². The van der Waals surface area contributed by atoms with E-state index in [-0.39, 0.29) is 17.5 Å². The molecule has 23 heavy (non-hydrogen) atoms. The minimum Gasteiger partial charge on any atom is -0.493 e. The van der Waals surface area contributed by atoms with E-state index in [1.54, 1.807) is 0 Å². The summed E-state index contributed by atoms with van der Waals surface area (Å²) >= 11 is 0. The summed E-state index contributed by atoms with van der Waals surface area (Å²) in [6.45, 7) is 0.827. The molecule has 0 aromatic heterocycles. The minimum absolute atomic E-state index is 0.105. The third kappa shape index (κ3) is 4.30. The Morgan fingerprint density at radius 1 is 1.13 bits per heavy atom. The Morgan fingerprint density at radius 2 is 1.87 bits per heavy atom. The summed E-state index contributed by atoms with van der Waals surface area (Å²) in [4.78, 5) is 0. The Kier molecular flexibility index (Phi) is 4.63. The standard InChI is InChI=1S/C17H18FNO3S/c18-16-7-5-13(6-8-16)12-23(20,21)19-10-14-9-15-3-1-2-4-17(15)22-11-14/h1-8,14,19H,9-12H2. The number of fused-ring (bicyclic) bond motifs is 1. The Labute approximate surface area is 135 Å². The largest absolute Gasteiger partial charge is 0.493 e. The van der Waals surface area contributed by atoms with Gasteiger partial charge >= 0.3 is 0 Å². The third-order valence-electron chi connectivity index (χ3n) is 3.82. The molecule has 0 bridgehead atoms. The van der Waals surface area contributed by atoms with Gasteiger partial charge < -0.3 is 4.74 Å². The number of sulfonamides is 1. The summed E-state index contributed by atoms with van der Waals surface area (Å²) < 4.78 is 45.4. The monoisotopic (exact) mass is 335 g/mol. The van der Waals surface area contributed by atoms with E-state index in [4.69, 9.17) is 4.74 Å². The fourth-order valence-electron chi connectivity index (χ4n) is 2.62. The first-order valence-corrected chi connectivity index (χ1v) is 9.09. The SMILES string of the molecule is O=S(=O)(Cc1ccc(F)cc1)NCC1COc2ccccc2C1. The fourth-order valence-corrected chi connectivity index (χ4v) is 3.84. The molecule has 0 saturated heterocycles. The zero-order chi connectivity index (χ0) is 16.3. The molecule has 0 spiro atoms. The molecule has 0 amide bonds. The zero-order valence-corrected chi connectivity index (χ0v) is 13.4. The van der Waals surface area contributed by atoms with Crippen LogP contribution < -0.4 is 9.46 Å². The van der Waals surface area contributed by atoms with Crippen LogP contribution in [0.2, 0.25) is 0 Å². The van der Waals surface area contributed by atoms with Crippen molar-refractivity contribution in [2.45, 2.75) is 12.2 Å². The predicted octanol–water partition coefficient (Wildman–Crippen LogP) is 2.50. The number of benzene rings is 2. The molecule has 0 saturated carbocycles. The average molecular weight is 335 g/mol. The molecule has 4 nitrogen and oxygen atoms in total. The van der Waals surface area contributed by atoms with E-state index in [1.807, 2.05) is 24.3 Å². The zero-order valence-electron chi connectivity index (χ0n) is 12.5. The summed E-state index contributed by atoms with van der Waals surface area (Å²) in [6, 6.07) is 13.3. The quantitative estimate of drug-likeness (QED) is 0.913. The summed E-state index contributed by atoms with van der Waals surface area (Å²) in [5.41, 5.74) is 1.66. The summed E-state index contributed by atoms with van der Waals surface area (Å²) in [6.07, 6.45) is 0.787. The minimum atomic E-state index is -3.45. The van der Waals surface area contributed by atoms with Gasteiger partial charge in [-0.3, -0.25) is 0 Å². The summed E-state index contributed by atoms with van der Waals surface area (Å²) in [5, 5.41) is 0. The van der Waals surface area contributed by atoms with E-state index in [0.717, 1.165) is 17.7 Å². The average Bonchev–Trinajstić information content (AvgIpc) is 2.55. The van der Waals surface area contributed by atoms with Crippen molar-refractivity contribution in [1.29, 1.82) is 0 Å². The lowest BCUT2D eigenvalue weighted by Crippen LogP contribution is -2.35. The number of hydrogen-bond donors (Lipinski definition) is 1. The Morgan fingerprint density at radius 3 is 2.65 bits per heavy atom. The number of rotatable bonds is 5. The third-order valence-corrected chi connectivity index (χ3v) is 5.14. The number of ether oxygens (including phenoxy) is 1. The number of halogens is 1. The first-order valence-electron chi connectivity index (χ1n) is 7.44. The van der Waals surface area contributed by atoms with Crippen LogP contribution in [0.4, 0.5) is 4.39 Å². The second kappa shape index (κ2) is 6.68. The van der Waals surface area contributed by atoms with Crippen LogP contribution >= 0.6 is 0 Å². The lowest BCUT2D eigenvalue weighted by molar-refractivity contribution is 0.223. The first kappa shape index (κ1) is 16.0. The lowest BCUT2D eigenvalue weighted by atomic mass is 9.97. The Balaban J connectivity index is 1.56. The fraction of sp³-hybridized carbons (Fsp3) is 0.294. The maximum atomic E-state index is 12.9. The van der Waals surface area contributed by atoms with E-state index in [1.165, 1.54) is 24.3 Å². The molecule has 1 atom stereocenters. The van der Waals surface area contributed by atoms with Crippen LogP contribution in [0.15, 0.2) is 48.5 Å². The van der Waals surface area contributed by atoms with Gasteiger partial charge in [0.25, 0.3) is 0 Å². The second-order valence-electron chi connectivity index (χ2n) is 5.72. The molecule has 0 fully saturated rings. The first-order chi connectivity index (χ1) is 11.0. The smallest absolute Gasteiger partial charge is 0.215 e. The van der Waals surface area contributed by atoms with Gasteiger partial charge in [-0.25, -0.2) is 17.5 Å². The highest BCUT2D eigenvalue weighted by Crippen LogP contribution is 2.26. The van der Waals surface area contributed by atoms with Crippen LogP contribution in [0.25, 0.3) is 0 Å². The normalized spacial score (nSPS) is 17.3. The molecular formula is C17H18FNO3S. The highest BCUT2D eigenvalue weighted by Gasteiger charge is 2.21. The maximum Gasteiger partial charge on any atom is 0.215 e. The highest BCUT2D eigenvalue weighted by atomic mass is 32.2. The molecular weight excluding hydrogens is 317 g/mol. The van der Waals surface area contributed by atoms with Crippen LogP contribution in [0.1, 0.15) is 11.1 Å². The van der Waals surface area contributed by atoms with Crippen molar-refractivity contribution in [2.24, 2.45) is 5.92 Å². The van der Waals surface area contributed by atoms with Gasteiger partial charge in [-0.1, -0.05) is 30.3 Å². The van der Waals surface area contributed by atoms with Gasteiger partial charge in [-0.2, -0.15) is 0 Å². The number of nitrogens with one attached hydrogen (secondary N) is 1. The van der Waals surface area contributed by atoms with E-state index in [2.05, 4.69) is 4.72 Å². The molecule has 2 aromatic rings. The van der Waals surface area contributed by atoms with Crippen molar-refractivity contribution in [3.63, 3.8) is 0 Å². The molecule has 1 aliphatic heterocycles. The molecule has 2 aromatic carbocycles. The van der Waals surface area contributed by atoms with Gasteiger partial charge in [-0.15, -0.1) is 0 Å². The van der Waals surface area contributed by atoms with Gasteiger partial charge in [0.1, 0.15) is 11.6 Å². The molecule has 0 radical (unpaired) electrons. The van der Waals surface area contributed by atoms with Gasteiger partial charge in [0.15, 0.2) is 0 Å². The molecule has 0 aliphatic carbocycles. The van der Waals surface area contributed by atoms with Crippen molar-refractivity contribution >= 4 is 10.0 Å². The molecule has 1 heterocycles. The highest BCUT2D eigenvalue weighted by molar-refractivity contribution is 7.88. The van der Waals surface area contributed by atoms with Gasteiger partial charge in [-0.05, 0) is 35.7 Å². The summed E-state index contributed by atoms with van der Waals surface area (Å²) in [7, 11) is -3.45. The van der Waals surface area contributed by atoms with Crippen LogP contribution in [-0.4, -0.2) is 21.6 Å². The summed E-state index contributed by atoms with van der Waals surface area (Å²) in [5.74, 6) is 0.445. The molecule has 1 unspecified atom stereocenters. The second-order valence-corrected chi connectivity index (χ2v) is 7.53. The molecule has 3 rings (SSSR count). The van der Waals surface area contributed by atoms with E-state index in [0.29, 0.717) is 18.7 Å². The van der Waals surface area contributed by atoms with Crippen molar-refractivity contribution in [3.8, 4) is 5.75 Å². The molecule has 1 N–H and O–H groups in total. The number of para-hydroxylation sites is 1. The van der Waals surface area contributed by atoms with E-state index >= 15 is 0 Å². The van der Waals surface area contributed by atoms with Crippen LogP contribution in [0.3, 0.4) is 0 Å². The van der Waals surface area contributed by atoms with Crippen molar-refractivity contribution in [2.75, 3.05) is 13.2 Å². The predicted molar refractivity (Wildman–Crippen MR) is 86.2 cm³/mol. The van der Waals surface area contributed by atoms with Gasteiger partial charge in [0.05, 0.1) is 12.4 Å². The molecule has 122 valence electrons. The number of hydrogen-bond acceptors (Lipinski definition) is 3. The topological polar surface area (TPSA) is 55.4 Å². The maximum absolute atomic E-state index is 12.9. The lowest BCUT2D eigenvalue weighted by Gasteiger charge is -2.25. The van der Waals surface area contributed by atoms with Crippen LogP contribution in [0, 0.1) is 11.7 Å².